The van der Waals surface area contributed by atoms with E-state index in [4.69, 9.17) is 0 Å². The smallest absolute Gasteiger partial charge is 0.154 e. The minimum atomic E-state index is -1.20. The summed E-state index contributed by atoms with van der Waals surface area (Å²) in [5.74, 6) is 0.324. The van der Waals surface area contributed by atoms with Crippen LogP contribution in [0.3, 0.4) is 0 Å². The van der Waals surface area contributed by atoms with Gasteiger partial charge in [0.05, 0.1) is 8.07 Å². The van der Waals surface area contributed by atoms with Gasteiger partial charge in [-0.1, -0.05) is 83.6 Å². The van der Waals surface area contributed by atoms with E-state index in [0.717, 1.165) is 12.8 Å². The van der Waals surface area contributed by atoms with Crippen LogP contribution in [0.1, 0.15) is 71.1 Å². The third-order valence-corrected chi connectivity index (χ3v) is 4.46. The predicted molar refractivity (Wildman–Crippen MR) is 89.3 cm³/mol. The standard InChI is InChI=1S/C17H34OSi/c1-5-6-7-8-9-10-11-12-13-14-17(18)15-16-19(2,3)4/h15-16H,5-14H2,1-4H3/b16-15-. The first-order valence-corrected chi connectivity index (χ1v) is 11.8. The van der Waals surface area contributed by atoms with Gasteiger partial charge in [-0.25, -0.2) is 0 Å². The van der Waals surface area contributed by atoms with Crippen LogP contribution in [-0.4, -0.2) is 13.9 Å². The van der Waals surface area contributed by atoms with Gasteiger partial charge in [-0.15, -0.1) is 0 Å². The molecule has 2 heteroatoms. The molecular weight excluding hydrogens is 248 g/mol. The number of hydrogen-bond donors (Lipinski definition) is 0. The maximum absolute atomic E-state index is 11.6. The van der Waals surface area contributed by atoms with Gasteiger partial charge < -0.3 is 0 Å². The van der Waals surface area contributed by atoms with Crippen molar-refractivity contribution >= 4 is 13.9 Å². The van der Waals surface area contributed by atoms with Crippen LogP contribution in [0.15, 0.2) is 11.8 Å². The average molecular weight is 283 g/mol. The van der Waals surface area contributed by atoms with E-state index < -0.39 is 8.07 Å². The van der Waals surface area contributed by atoms with Gasteiger partial charge in [-0.05, 0) is 12.5 Å². The summed E-state index contributed by atoms with van der Waals surface area (Å²) >= 11 is 0. The molecule has 0 saturated carbocycles. The van der Waals surface area contributed by atoms with Gasteiger partial charge in [0.15, 0.2) is 5.78 Å². The fraction of sp³-hybridized carbons (Fsp3) is 0.824. The lowest BCUT2D eigenvalue weighted by Crippen LogP contribution is -2.16. The Kier molecular flexibility index (Phi) is 11.2. The third-order valence-electron chi connectivity index (χ3n) is 3.30. The molecule has 0 saturated heterocycles. The van der Waals surface area contributed by atoms with Gasteiger partial charge in [0, 0.05) is 6.42 Å². The van der Waals surface area contributed by atoms with Crippen molar-refractivity contribution < 1.29 is 4.79 Å². The lowest BCUT2D eigenvalue weighted by molar-refractivity contribution is -0.114. The Morgan fingerprint density at radius 2 is 1.32 bits per heavy atom. The fourth-order valence-corrected chi connectivity index (χ4v) is 2.72. The van der Waals surface area contributed by atoms with Crippen molar-refractivity contribution in [2.75, 3.05) is 0 Å². The minimum absolute atomic E-state index is 0.324. The molecule has 0 spiro atoms. The zero-order chi connectivity index (χ0) is 14.6. The highest BCUT2D eigenvalue weighted by Gasteiger charge is 2.08. The first kappa shape index (κ1) is 18.6. The monoisotopic (exact) mass is 282 g/mol. The summed E-state index contributed by atoms with van der Waals surface area (Å²) in [6.07, 6.45) is 14.4. The maximum atomic E-state index is 11.6. The lowest BCUT2D eigenvalue weighted by atomic mass is 10.1. The van der Waals surface area contributed by atoms with E-state index in [1.165, 1.54) is 51.4 Å². The van der Waals surface area contributed by atoms with Crippen LogP contribution >= 0.6 is 0 Å². The van der Waals surface area contributed by atoms with Crippen molar-refractivity contribution in [1.82, 2.24) is 0 Å². The van der Waals surface area contributed by atoms with Gasteiger partial charge in [0.25, 0.3) is 0 Å². The van der Waals surface area contributed by atoms with E-state index >= 15 is 0 Å². The van der Waals surface area contributed by atoms with Crippen molar-refractivity contribution in [3.8, 4) is 0 Å². The molecule has 0 unspecified atom stereocenters. The van der Waals surface area contributed by atoms with Crippen LogP contribution in [0.25, 0.3) is 0 Å². The first-order chi connectivity index (χ1) is 8.95. The Bertz CT molecular complexity index is 250. The Morgan fingerprint density at radius 3 is 1.79 bits per heavy atom. The highest BCUT2D eigenvalue weighted by Crippen LogP contribution is 2.11. The topological polar surface area (TPSA) is 17.1 Å². The summed E-state index contributed by atoms with van der Waals surface area (Å²) in [6, 6.07) is 0. The molecule has 0 radical (unpaired) electrons. The summed E-state index contributed by atoms with van der Waals surface area (Å²) < 4.78 is 0. The zero-order valence-corrected chi connectivity index (χ0v) is 14.6. The second-order valence-corrected chi connectivity index (χ2v) is 11.8. The number of unbranched alkanes of at least 4 members (excludes halogenated alkanes) is 8. The molecule has 0 amide bonds. The van der Waals surface area contributed by atoms with E-state index in [9.17, 15) is 4.79 Å². The number of carbonyl (C=O) groups excluding carboxylic acids is 1. The van der Waals surface area contributed by atoms with Gasteiger partial charge in [-0.2, -0.15) is 0 Å². The first-order valence-electron chi connectivity index (χ1n) is 8.18. The van der Waals surface area contributed by atoms with Gasteiger partial charge in [0.1, 0.15) is 0 Å². The molecule has 0 N–H and O–H groups in total. The number of carbonyl (C=O) groups is 1. The summed E-state index contributed by atoms with van der Waals surface area (Å²) in [6.45, 7) is 9.04. The summed E-state index contributed by atoms with van der Waals surface area (Å²) in [4.78, 5) is 11.6. The normalized spacial score (nSPS) is 12.2. The van der Waals surface area contributed by atoms with E-state index in [2.05, 4.69) is 32.3 Å². The molecule has 0 fully saturated rings. The van der Waals surface area contributed by atoms with Crippen LogP contribution in [0.5, 0.6) is 0 Å². The molecule has 0 aromatic carbocycles. The van der Waals surface area contributed by atoms with Gasteiger partial charge in [-0.3, -0.25) is 4.79 Å². The summed E-state index contributed by atoms with van der Waals surface area (Å²) in [5, 5.41) is 0. The minimum Gasteiger partial charge on any atom is -0.295 e. The Labute approximate surface area is 121 Å². The fourth-order valence-electron chi connectivity index (χ4n) is 2.04. The summed E-state index contributed by atoms with van der Waals surface area (Å²) in [5.41, 5.74) is 2.16. The number of hydrogen-bond acceptors (Lipinski definition) is 1. The molecule has 112 valence electrons. The SMILES string of the molecule is CCCCCCCCCCCC(=O)/C=C\[Si](C)(C)C. The lowest BCUT2D eigenvalue weighted by Gasteiger charge is -2.07. The van der Waals surface area contributed by atoms with E-state index in [1.54, 1.807) is 0 Å². The quantitative estimate of drug-likeness (QED) is 0.247. The molecule has 0 aliphatic rings. The van der Waals surface area contributed by atoms with Crippen LogP contribution in [-0.2, 0) is 4.79 Å². The highest BCUT2D eigenvalue weighted by molar-refractivity contribution is 6.81. The molecule has 0 heterocycles. The molecule has 0 aliphatic heterocycles. The molecule has 0 rings (SSSR count). The van der Waals surface area contributed by atoms with Crippen LogP contribution < -0.4 is 0 Å². The number of ketones is 1. The van der Waals surface area contributed by atoms with Crippen LogP contribution in [0.4, 0.5) is 0 Å². The Hall–Kier alpha value is -0.373. The third kappa shape index (κ3) is 15.6. The van der Waals surface area contributed by atoms with E-state index in [-0.39, 0.29) is 0 Å². The second kappa shape index (κ2) is 11.5. The van der Waals surface area contributed by atoms with Crippen LogP contribution in [0.2, 0.25) is 19.6 Å². The van der Waals surface area contributed by atoms with Crippen LogP contribution in [0, 0.1) is 0 Å². The van der Waals surface area contributed by atoms with E-state index in [0.29, 0.717) is 5.78 Å². The average Bonchev–Trinajstić information content (AvgIpc) is 2.33. The second-order valence-electron chi connectivity index (χ2n) is 6.74. The van der Waals surface area contributed by atoms with E-state index in [1.807, 2.05) is 6.08 Å². The predicted octanol–water partition coefficient (Wildman–Crippen LogP) is 5.91. The summed E-state index contributed by atoms with van der Waals surface area (Å²) in [7, 11) is -1.20. The highest BCUT2D eigenvalue weighted by atomic mass is 28.3. The molecule has 1 nitrogen and oxygen atoms in total. The molecular formula is C17H34OSi. The largest absolute Gasteiger partial charge is 0.295 e. The Balaban J connectivity index is 3.35. The molecule has 0 atom stereocenters. The molecule has 0 aromatic heterocycles. The molecule has 0 aromatic rings. The number of rotatable bonds is 12. The van der Waals surface area contributed by atoms with Crippen molar-refractivity contribution in [2.24, 2.45) is 0 Å². The number of allylic oxidation sites excluding steroid dienone is 1. The molecule has 19 heavy (non-hydrogen) atoms. The molecule has 0 bridgehead atoms. The van der Waals surface area contributed by atoms with Crippen molar-refractivity contribution in [1.29, 1.82) is 0 Å². The zero-order valence-electron chi connectivity index (χ0n) is 13.6. The van der Waals surface area contributed by atoms with Crippen molar-refractivity contribution in [3.05, 3.63) is 11.8 Å². The van der Waals surface area contributed by atoms with Crippen molar-refractivity contribution in [2.45, 2.75) is 90.8 Å². The van der Waals surface area contributed by atoms with Gasteiger partial charge >= 0.3 is 0 Å². The Morgan fingerprint density at radius 1 is 0.842 bits per heavy atom. The van der Waals surface area contributed by atoms with Gasteiger partial charge in [0.2, 0.25) is 0 Å². The van der Waals surface area contributed by atoms with Crippen molar-refractivity contribution in [3.63, 3.8) is 0 Å². The maximum Gasteiger partial charge on any atom is 0.154 e. The molecule has 0 aliphatic carbocycles.